The number of hydrogen-bond acceptors (Lipinski definition) is 4. The monoisotopic (exact) mass is 264 g/mol. The molecule has 1 saturated carbocycles. The minimum atomic E-state index is -1.21. The fourth-order valence-electron chi connectivity index (χ4n) is 2.34. The second-order valence-electron chi connectivity index (χ2n) is 4.99. The molecule has 1 unspecified atom stereocenters. The Morgan fingerprint density at radius 1 is 1.47 bits per heavy atom. The summed E-state index contributed by atoms with van der Waals surface area (Å²) in [5.74, 6) is -0.601. The Morgan fingerprint density at radius 3 is 2.79 bits per heavy atom. The molecule has 1 N–H and O–H groups in total. The zero-order chi connectivity index (χ0) is 13.9. The Morgan fingerprint density at radius 2 is 2.21 bits per heavy atom. The number of methoxy groups -OCH3 is 1. The van der Waals surface area contributed by atoms with Crippen LogP contribution in [-0.2, 0) is 19.7 Å². The molecule has 0 saturated heterocycles. The lowest BCUT2D eigenvalue weighted by atomic mass is 9.94. The van der Waals surface area contributed by atoms with Crippen molar-refractivity contribution in [1.29, 1.82) is 0 Å². The molecule has 0 amide bonds. The zero-order valence-corrected chi connectivity index (χ0v) is 11.4. The molecule has 1 fully saturated rings. The van der Waals surface area contributed by atoms with Gasteiger partial charge in [0, 0.05) is 12.5 Å². The van der Waals surface area contributed by atoms with Crippen LogP contribution in [0.15, 0.2) is 24.3 Å². The van der Waals surface area contributed by atoms with Gasteiger partial charge in [0.25, 0.3) is 0 Å². The number of carbonyl (C=O) groups excluding carboxylic acids is 1. The molecule has 4 heteroatoms. The normalized spacial score (nSPS) is 17.8. The Labute approximate surface area is 113 Å². The van der Waals surface area contributed by atoms with Gasteiger partial charge in [0.1, 0.15) is 0 Å². The van der Waals surface area contributed by atoms with Crippen molar-refractivity contribution in [1.82, 2.24) is 0 Å². The van der Waals surface area contributed by atoms with E-state index in [1.54, 1.807) is 20.1 Å². The number of hydrogen-bond donors (Lipinski definition) is 1. The molecule has 1 aliphatic rings. The van der Waals surface area contributed by atoms with Crippen LogP contribution in [0, 0.1) is 0 Å². The number of ether oxygens (including phenoxy) is 2. The van der Waals surface area contributed by atoms with Crippen LogP contribution < -0.4 is 0 Å². The van der Waals surface area contributed by atoms with Crippen molar-refractivity contribution >= 4 is 5.97 Å². The fraction of sp³-hybridized carbons (Fsp3) is 0.533. The van der Waals surface area contributed by atoms with Gasteiger partial charge in [-0.15, -0.1) is 0 Å². The molecule has 104 valence electrons. The summed E-state index contributed by atoms with van der Waals surface area (Å²) in [4.78, 5) is 11.5. The lowest BCUT2D eigenvalue weighted by Gasteiger charge is -2.17. The Bertz CT molecular complexity index is 451. The van der Waals surface area contributed by atoms with E-state index in [1.165, 1.54) is 0 Å². The summed E-state index contributed by atoms with van der Waals surface area (Å²) < 4.78 is 10.1. The van der Waals surface area contributed by atoms with Crippen molar-refractivity contribution in [2.45, 2.75) is 31.3 Å². The first kappa shape index (κ1) is 14.0. The van der Waals surface area contributed by atoms with E-state index in [0.29, 0.717) is 12.2 Å². The van der Waals surface area contributed by atoms with Crippen LogP contribution in [0.4, 0.5) is 0 Å². The molecule has 0 aromatic heterocycles. The predicted molar refractivity (Wildman–Crippen MR) is 70.8 cm³/mol. The molecule has 0 spiro atoms. The zero-order valence-electron chi connectivity index (χ0n) is 11.4. The summed E-state index contributed by atoms with van der Waals surface area (Å²) in [6.07, 6.45) is 0.956. The van der Waals surface area contributed by atoms with Gasteiger partial charge in [-0.1, -0.05) is 24.3 Å². The Balaban J connectivity index is 2.18. The van der Waals surface area contributed by atoms with Gasteiger partial charge in [0.15, 0.2) is 6.10 Å². The maximum Gasteiger partial charge on any atom is 0.339 e. The Kier molecular flexibility index (Phi) is 4.22. The molecule has 19 heavy (non-hydrogen) atoms. The lowest BCUT2D eigenvalue weighted by molar-refractivity contribution is -0.153. The molecule has 2 rings (SSSR count). The summed E-state index contributed by atoms with van der Waals surface area (Å²) >= 11 is 0. The third-order valence-corrected chi connectivity index (χ3v) is 3.60. The summed E-state index contributed by atoms with van der Waals surface area (Å²) in [7, 11) is 1.69. The number of aliphatic hydroxyl groups excluding tert-OH is 1. The molecule has 1 aromatic rings. The molecule has 0 bridgehead atoms. The van der Waals surface area contributed by atoms with E-state index in [4.69, 9.17) is 9.47 Å². The number of aliphatic hydroxyl groups is 1. The largest absolute Gasteiger partial charge is 0.464 e. The molecule has 4 nitrogen and oxygen atoms in total. The summed E-state index contributed by atoms with van der Waals surface area (Å²) in [5.41, 5.74) is 1.77. The molecular weight excluding hydrogens is 244 g/mol. The van der Waals surface area contributed by atoms with Gasteiger partial charge in [-0.05, 0) is 30.9 Å². The highest BCUT2D eigenvalue weighted by Gasteiger charge is 2.44. The first-order valence-corrected chi connectivity index (χ1v) is 6.57. The fourth-order valence-corrected chi connectivity index (χ4v) is 2.34. The highest BCUT2D eigenvalue weighted by molar-refractivity contribution is 5.76. The number of benzene rings is 1. The van der Waals surface area contributed by atoms with Gasteiger partial charge >= 0.3 is 5.97 Å². The van der Waals surface area contributed by atoms with Crippen LogP contribution in [-0.4, -0.2) is 31.4 Å². The molecule has 1 aromatic carbocycles. The average Bonchev–Trinajstić information content (AvgIpc) is 3.20. The lowest BCUT2D eigenvalue weighted by Crippen LogP contribution is -2.18. The average molecular weight is 264 g/mol. The summed E-state index contributed by atoms with van der Waals surface area (Å²) in [6.45, 7) is 2.66. The Hall–Kier alpha value is -1.39. The maximum absolute atomic E-state index is 11.5. The van der Waals surface area contributed by atoms with E-state index < -0.39 is 12.1 Å². The SMILES string of the molecule is CCOC(=O)C(O)c1cccc(C2(COC)CC2)c1. The van der Waals surface area contributed by atoms with Crippen molar-refractivity contribution < 1.29 is 19.4 Å². The van der Waals surface area contributed by atoms with Gasteiger partial charge < -0.3 is 14.6 Å². The summed E-state index contributed by atoms with van der Waals surface area (Å²) in [5, 5.41) is 9.95. The van der Waals surface area contributed by atoms with Crippen LogP contribution in [0.1, 0.15) is 37.0 Å². The predicted octanol–water partition coefficient (Wildman–Crippen LogP) is 1.96. The third-order valence-electron chi connectivity index (χ3n) is 3.60. The minimum absolute atomic E-state index is 0.0686. The highest BCUT2D eigenvalue weighted by atomic mass is 16.5. The molecule has 1 atom stereocenters. The molecule has 1 aliphatic carbocycles. The van der Waals surface area contributed by atoms with Gasteiger partial charge in [-0.3, -0.25) is 0 Å². The topological polar surface area (TPSA) is 55.8 Å². The second kappa shape index (κ2) is 5.72. The van der Waals surface area contributed by atoms with Gasteiger partial charge in [-0.25, -0.2) is 4.79 Å². The van der Waals surface area contributed by atoms with Crippen LogP contribution in [0.2, 0.25) is 0 Å². The standard InChI is InChI=1S/C15H20O4/c1-3-19-14(17)13(16)11-5-4-6-12(9-11)15(7-8-15)10-18-2/h4-6,9,13,16H,3,7-8,10H2,1-2H3. The van der Waals surface area contributed by atoms with E-state index in [-0.39, 0.29) is 12.0 Å². The van der Waals surface area contributed by atoms with Gasteiger partial charge in [0.05, 0.1) is 13.2 Å². The van der Waals surface area contributed by atoms with Gasteiger partial charge in [0.2, 0.25) is 0 Å². The third kappa shape index (κ3) is 2.96. The quantitative estimate of drug-likeness (QED) is 0.798. The van der Waals surface area contributed by atoms with E-state index in [0.717, 1.165) is 18.4 Å². The van der Waals surface area contributed by atoms with Crippen molar-refractivity contribution in [3.63, 3.8) is 0 Å². The first-order chi connectivity index (χ1) is 9.13. The van der Waals surface area contributed by atoms with Crippen LogP contribution in [0.5, 0.6) is 0 Å². The smallest absolute Gasteiger partial charge is 0.339 e. The minimum Gasteiger partial charge on any atom is -0.464 e. The van der Waals surface area contributed by atoms with Crippen LogP contribution in [0.3, 0.4) is 0 Å². The second-order valence-corrected chi connectivity index (χ2v) is 4.99. The van der Waals surface area contributed by atoms with Crippen molar-refractivity contribution in [3.8, 4) is 0 Å². The van der Waals surface area contributed by atoms with E-state index in [9.17, 15) is 9.90 Å². The molecule has 0 heterocycles. The van der Waals surface area contributed by atoms with Crippen LogP contribution >= 0.6 is 0 Å². The number of esters is 1. The highest BCUT2D eigenvalue weighted by Crippen LogP contribution is 2.48. The maximum atomic E-state index is 11.5. The van der Waals surface area contributed by atoms with Crippen molar-refractivity contribution in [3.05, 3.63) is 35.4 Å². The number of rotatable bonds is 6. The van der Waals surface area contributed by atoms with Crippen LogP contribution in [0.25, 0.3) is 0 Å². The van der Waals surface area contributed by atoms with Crippen molar-refractivity contribution in [2.24, 2.45) is 0 Å². The summed E-state index contributed by atoms with van der Waals surface area (Å²) in [6, 6.07) is 7.51. The molecule has 0 radical (unpaired) electrons. The molecular formula is C15H20O4. The van der Waals surface area contributed by atoms with Crippen molar-refractivity contribution in [2.75, 3.05) is 20.3 Å². The van der Waals surface area contributed by atoms with E-state index >= 15 is 0 Å². The van der Waals surface area contributed by atoms with E-state index in [2.05, 4.69) is 0 Å². The number of carbonyl (C=O) groups is 1. The van der Waals surface area contributed by atoms with E-state index in [1.807, 2.05) is 18.2 Å². The van der Waals surface area contributed by atoms with Gasteiger partial charge in [-0.2, -0.15) is 0 Å². The first-order valence-electron chi connectivity index (χ1n) is 6.57. The molecule has 0 aliphatic heterocycles.